The third-order valence-corrected chi connectivity index (χ3v) is 4.48. The normalized spacial score (nSPS) is 15.6. The molecule has 0 saturated carbocycles. The second-order valence-corrected chi connectivity index (χ2v) is 5.64. The molecule has 0 aliphatic carbocycles. The lowest BCUT2D eigenvalue weighted by atomic mass is 10.1. The lowest BCUT2D eigenvalue weighted by Gasteiger charge is -2.27. The van der Waals surface area contributed by atoms with Crippen molar-refractivity contribution in [3.05, 3.63) is 51.5 Å². The lowest BCUT2D eigenvalue weighted by Crippen LogP contribution is -2.29. The molecule has 0 radical (unpaired) electrons. The summed E-state index contributed by atoms with van der Waals surface area (Å²) in [5.74, 6) is 0. The first kappa shape index (κ1) is 11.8. The molecule has 18 heavy (non-hydrogen) atoms. The van der Waals surface area contributed by atoms with E-state index in [1.54, 1.807) is 4.88 Å². The highest BCUT2D eigenvalue weighted by Crippen LogP contribution is 2.25. The average Bonchev–Trinajstić information content (AvgIpc) is 2.87. The van der Waals surface area contributed by atoms with Crippen LogP contribution >= 0.6 is 11.3 Å². The summed E-state index contributed by atoms with van der Waals surface area (Å²) >= 11 is 1.88. The van der Waals surface area contributed by atoms with Crippen molar-refractivity contribution in [3.8, 4) is 0 Å². The van der Waals surface area contributed by atoms with Gasteiger partial charge in [-0.05, 0) is 35.1 Å². The molecule has 94 valence electrons. The molecule has 1 aliphatic heterocycles. The molecule has 3 heterocycles. The van der Waals surface area contributed by atoms with Gasteiger partial charge in [-0.3, -0.25) is 9.88 Å². The molecule has 2 aromatic rings. The van der Waals surface area contributed by atoms with Crippen molar-refractivity contribution in [3.63, 3.8) is 0 Å². The van der Waals surface area contributed by atoms with E-state index in [-0.39, 0.29) is 0 Å². The van der Waals surface area contributed by atoms with Gasteiger partial charge in [0.15, 0.2) is 0 Å². The molecule has 0 amide bonds. The number of hydrogen-bond acceptors (Lipinski definition) is 4. The molecule has 0 atom stereocenters. The van der Waals surface area contributed by atoms with Crippen LogP contribution in [0, 0.1) is 0 Å². The molecule has 2 aromatic heterocycles. The first-order chi connectivity index (χ1) is 8.86. The molecular weight excluding hydrogens is 242 g/mol. The minimum atomic E-state index is 0.522. The highest BCUT2D eigenvalue weighted by atomic mass is 32.1. The Morgan fingerprint density at radius 3 is 3.22 bits per heavy atom. The highest BCUT2D eigenvalue weighted by Gasteiger charge is 2.17. The van der Waals surface area contributed by atoms with Crippen molar-refractivity contribution < 1.29 is 0 Å². The third-order valence-electron chi connectivity index (χ3n) is 3.46. The van der Waals surface area contributed by atoms with Crippen molar-refractivity contribution >= 4 is 11.3 Å². The monoisotopic (exact) mass is 259 g/mol. The molecule has 0 fully saturated rings. The molecule has 1 aliphatic rings. The van der Waals surface area contributed by atoms with E-state index >= 15 is 0 Å². The Balaban J connectivity index is 1.74. The molecule has 0 spiro atoms. The minimum Gasteiger partial charge on any atom is -0.325 e. The van der Waals surface area contributed by atoms with Gasteiger partial charge in [0.2, 0.25) is 0 Å². The van der Waals surface area contributed by atoms with E-state index in [1.807, 2.05) is 23.6 Å². The maximum atomic E-state index is 5.74. The van der Waals surface area contributed by atoms with Gasteiger partial charge in [-0.25, -0.2) is 0 Å². The molecule has 0 unspecified atom stereocenters. The van der Waals surface area contributed by atoms with Crippen LogP contribution in [0.25, 0.3) is 0 Å². The summed E-state index contributed by atoms with van der Waals surface area (Å²) in [6.07, 6.45) is 2.99. The zero-order valence-electron chi connectivity index (χ0n) is 10.3. The lowest BCUT2D eigenvalue weighted by molar-refractivity contribution is 0.246. The first-order valence-corrected chi connectivity index (χ1v) is 7.15. The summed E-state index contributed by atoms with van der Waals surface area (Å²) in [6, 6.07) is 6.38. The van der Waals surface area contributed by atoms with E-state index in [1.165, 1.54) is 17.5 Å². The van der Waals surface area contributed by atoms with Crippen LogP contribution in [0.3, 0.4) is 0 Å². The number of hydrogen-bond donors (Lipinski definition) is 1. The zero-order chi connectivity index (χ0) is 12.4. The summed E-state index contributed by atoms with van der Waals surface area (Å²) in [5, 5.41) is 2.20. The molecule has 2 N–H and O–H groups in total. The highest BCUT2D eigenvalue weighted by molar-refractivity contribution is 7.10. The van der Waals surface area contributed by atoms with E-state index in [4.69, 9.17) is 5.73 Å². The Morgan fingerprint density at radius 2 is 2.33 bits per heavy atom. The van der Waals surface area contributed by atoms with Gasteiger partial charge in [0.1, 0.15) is 0 Å². The van der Waals surface area contributed by atoms with E-state index in [2.05, 4.69) is 27.4 Å². The predicted octanol–water partition coefficient (Wildman–Crippen LogP) is 2.16. The summed E-state index contributed by atoms with van der Waals surface area (Å²) < 4.78 is 0. The Hall–Kier alpha value is -1.23. The van der Waals surface area contributed by atoms with Crippen LogP contribution in [-0.4, -0.2) is 16.4 Å². The summed E-state index contributed by atoms with van der Waals surface area (Å²) in [7, 11) is 0. The van der Waals surface area contributed by atoms with Gasteiger partial charge in [-0.15, -0.1) is 11.3 Å². The Morgan fingerprint density at radius 1 is 1.39 bits per heavy atom. The number of pyridine rings is 1. The largest absolute Gasteiger partial charge is 0.325 e. The van der Waals surface area contributed by atoms with Gasteiger partial charge in [0.05, 0.1) is 5.69 Å². The Bertz CT molecular complexity index is 535. The fourth-order valence-corrected chi connectivity index (χ4v) is 3.37. The number of aromatic nitrogens is 1. The van der Waals surface area contributed by atoms with Crippen LogP contribution in [-0.2, 0) is 26.1 Å². The topological polar surface area (TPSA) is 42.1 Å². The third kappa shape index (κ3) is 2.32. The predicted molar refractivity (Wildman–Crippen MR) is 74.3 cm³/mol. The SMILES string of the molecule is NCc1ncccc1CN1CCc2sccc2C1. The van der Waals surface area contributed by atoms with Crippen molar-refractivity contribution in [1.82, 2.24) is 9.88 Å². The van der Waals surface area contributed by atoms with Crippen molar-refractivity contribution in [2.75, 3.05) is 6.54 Å². The molecule has 0 bridgehead atoms. The van der Waals surface area contributed by atoms with Gasteiger partial charge < -0.3 is 5.73 Å². The van der Waals surface area contributed by atoms with Crippen LogP contribution < -0.4 is 5.73 Å². The van der Waals surface area contributed by atoms with E-state index in [9.17, 15) is 0 Å². The van der Waals surface area contributed by atoms with Crippen LogP contribution in [0.2, 0.25) is 0 Å². The van der Waals surface area contributed by atoms with Crippen molar-refractivity contribution in [2.24, 2.45) is 5.73 Å². The summed E-state index contributed by atoms with van der Waals surface area (Å²) in [5.41, 5.74) is 9.51. The average molecular weight is 259 g/mol. The van der Waals surface area contributed by atoms with Crippen LogP contribution in [0.5, 0.6) is 0 Å². The van der Waals surface area contributed by atoms with Gasteiger partial charge in [-0.1, -0.05) is 6.07 Å². The standard InChI is InChI=1S/C14H17N3S/c15-8-13-11(2-1-5-16-13)9-17-6-3-14-12(10-17)4-7-18-14/h1-2,4-5,7H,3,6,8-10,15H2. The molecule has 3 nitrogen and oxygen atoms in total. The van der Waals surface area contributed by atoms with E-state index in [0.29, 0.717) is 6.54 Å². The number of nitrogens with two attached hydrogens (primary N) is 1. The molecular formula is C14H17N3S. The van der Waals surface area contributed by atoms with Gasteiger partial charge in [0, 0.05) is 37.3 Å². The maximum Gasteiger partial charge on any atom is 0.0584 e. The first-order valence-electron chi connectivity index (χ1n) is 6.27. The Kier molecular flexibility index (Phi) is 3.41. The second kappa shape index (κ2) is 5.18. The quantitative estimate of drug-likeness (QED) is 0.918. The molecule has 0 saturated heterocycles. The van der Waals surface area contributed by atoms with Crippen LogP contribution in [0.1, 0.15) is 21.7 Å². The zero-order valence-corrected chi connectivity index (χ0v) is 11.1. The fraction of sp³-hybridized carbons (Fsp3) is 0.357. The van der Waals surface area contributed by atoms with E-state index in [0.717, 1.165) is 25.3 Å². The van der Waals surface area contributed by atoms with Crippen LogP contribution in [0.15, 0.2) is 29.8 Å². The summed E-state index contributed by atoms with van der Waals surface area (Å²) in [4.78, 5) is 8.38. The molecule has 0 aromatic carbocycles. The molecule has 4 heteroatoms. The Labute approximate surface area is 111 Å². The van der Waals surface area contributed by atoms with Gasteiger partial charge in [0.25, 0.3) is 0 Å². The smallest absolute Gasteiger partial charge is 0.0584 e. The van der Waals surface area contributed by atoms with E-state index < -0.39 is 0 Å². The second-order valence-electron chi connectivity index (χ2n) is 4.64. The maximum absolute atomic E-state index is 5.74. The number of thiophene rings is 1. The number of fused-ring (bicyclic) bond motifs is 1. The van der Waals surface area contributed by atoms with Crippen molar-refractivity contribution in [1.29, 1.82) is 0 Å². The fourth-order valence-electron chi connectivity index (χ4n) is 2.48. The summed E-state index contributed by atoms with van der Waals surface area (Å²) in [6.45, 7) is 3.66. The minimum absolute atomic E-state index is 0.522. The number of rotatable bonds is 3. The number of nitrogens with zero attached hydrogens (tertiary/aromatic N) is 2. The van der Waals surface area contributed by atoms with Gasteiger partial charge >= 0.3 is 0 Å². The van der Waals surface area contributed by atoms with Crippen LogP contribution in [0.4, 0.5) is 0 Å². The van der Waals surface area contributed by atoms with Crippen molar-refractivity contribution in [2.45, 2.75) is 26.1 Å². The molecule has 3 rings (SSSR count). The van der Waals surface area contributed by atoms with Gasteiger partial charge in [-0.2, -0.15) is 0 Å².